The van der Waals surface area contributed by atoms with E-state index in [1.807, 2.05) is 11.8 Å². The lowest BCUT2D eigenvalue weighted by atomic mass is 10.2. The Bertz CT molecular complexity index is 553. The van der Waals surface area contributed by atoms with Crippen molar-refractivity contribution in [3.05, 3.63) is 35.6 Å². The van der Waals surface area contributed by atoms with Crippen molar-refractivity contribution in [3.8, 4) is 0 Å². The molecular formula is C17H26FIN4O. The summed E-state index contributed by atoms with van der Waals surface area (Å²) in [6.07, 6.45) is 2.52. The van der Waals surface area contributed by atoms with Crippen LogP contribution in [0.3, 0.4) is 0 Å². The van der Waals surface area contributed by atoms with Gasteiger partial charge in [0, 0.05) is 38.2 Å². The van der Waals surface area contributed by atoms with E-state index in [4.69, 9.17) is 0 Å². The molecule has 0 spiro atoms. The molecule has 1 aliphatic rings. The summed E-state index contributed by atoms with van der Waals surface area (Å²) in [5, 5.41) is 6.37. The highest BCUT2D eigenvalue weighted by atomic mass is 127. The zero-order valence-corrected chi connectivity index (χ0v) is 16.4. The van der Waals surface area contributed by atoms with Crippen LogP contribution in [0.25, 0.3) is 0 Å². The van der Waals surface area contributed by atoms with Crippen molar-refractivity contribution in [1.82, 2.24) is 15.5 Å². The number of nitrogens with one attached hydrogen (secondary N) is 2. The molecule has 0 bridgehead atoms. The molecule has 1 aromatic rings. The SMILES string of the molecule is CCNC(=NCc1ccccc1F)NCCCN1CCCC1=O.I. The second-order valence-corrected chi connectivity index (χ2v) is 5.55. The fourth-order valence-electron chi connectivity index (χ4n) is 2.55. The largest absolute Gasteiger partial charge is 0.357 e. The molecule has 5 nitrogen and oxygen atoms in total. The molecule has 1 fully saturated rings. The number of likely N-dealkylation sites (tertiary alicyclic amines) is 1. The van der Waals surface area contributed by atoms with Gasteiger partial charge in [0.05, 0.1) is 6.54 Å². The van der Waals surface area contributed by atoms with Crippen molar-refractivity contribution in [3.63, 3.8) is 0 Å². The normalized spacial score (nSPS) is 14.5. The average Bonchev–Trinajstić information content (AvgIpc) is 2.95. The highest BCUT2D eigenvalue weighted by molar-refractivity contribution is 14.0. The van der Waals surface area contributed by atoms with Crippen LogP contribution < -0.4 is 10.6 Å². The van der Waals surface area contributed by atoms with E-state index in [0.717, 1.165) is 39.0 Å². The summed E-state index contributed by atoms with van der Waals surface area (Å²) in [5.74, 6) is 0.688. The van der Waals surface area contributed by atoms with Gasteiger partial charge in [-0.1, -0.05) is 18.2 Å². The molecule has 1 heterocycles. The topological polar surface area (TPSA) is 56.7 Å². The maximum atomic E-state index is 13.6. The second kappa shape index (κ2) is 11.2. The first kappa shape index (κ1) is 20.7. The molecule has 0 unspecified atom stereocenters. The Morgan fingerprint density at radius 1 is 1.33 bits per heavy atom. The molecule has 7 heteroatoms. The molecule has 2 N–H and O–H groups in total. The van der Waals surface area contributed by atoms with Crippen molar-refractivity contribution in [2.24, 2.45) is 4.99 Å². The van der Waals surface area contributed by atoms with E-state index in [-0.39, 0.29) is 35.7 Å². The molecule has 134 valence electrons. The standard InChI is InChI=1S/C17H25FN4O.HI/c1-2-19-17(21-13-14-7-3-4-8-15(14)18)20-10-6-12-22-11-5-9-16(22)23;/h3-4,7-8H,2,5-6,9-13H2,1H3,(H2,19,20,21);1H. The van der Waals surface area contributed by atoms with E-state index in [1.54, 1.807) is 18.2 Å². The van der Waals surface area contributed by atoms with Crippen LogP contribution in [0, 0.1) is 5.82 Å². The van der Waals surface area contributed by atoms with Gasteiger partial charge in [-0.05, 0) is 25.8 Å². The molecule has 1 amide bonds. The quantitative estimate of drug-likeness (QED) is 0.292. The van der Waals surface area contributed by atoms with Gasteiger partial charge in [0.15, 0.2) is 5.96 Å². The zero-order chi connectivity index (χ0) is 16.5. The van der Waals surface area contributed by atoms with Gasteiger partial charge >= 0.3 is 0 Å². The Hall–Kier alpha value is -1.38. The van der Waals surface area contributed by atoms with Crippen LogP contribution in [0.2, 0.25) is 0 Å². The number of guanidine groups is 1. The molecule has 1 saturated heterocycles. The minimum absolute atomic E-state index is 0. The predicted molar refractivity (Wildman–Crippen MR) is 105 cm³/mol. The number of carbonyl (C=O) groups excluding carboxylic acids is 1. The lowest BCUT2D eigenvalue weighted by molar-refractivity contribution is -0.127. The van der Waals surface area contributed by atoms with Crippen LogP contribution in [-0.2, 0) is 11.3 Å². The number of hydrogen-bond donors (Lipinski definition) is 2. The first-order valence-electron chi connectivity index (χ1n) is 8.24. The molecule has 1 aromatic carbocycles. The Balaban J connectivity index is 0.00000288. The molecule has 24 heavy (non-hydrogen) atoms. The maximum Gasteiger partial charge on any atom is 0.222 e. The van der Waals surface area contributed by atoms with Crippen LogP contribution in [-0.4, -0.2) is 42.9 Å². The van der Waals surface area contributed by atoms with Crippen LogP contribution in [0.1, 0.15) is 31.7 Å². The number of rotatable bonds is 7. The number of carbonyl (C=O) groups is 1. The fraction of sp³-hybridized carbons (Fsp3) is 0.529. The van der Waals surface area contributed by atoms with Gasteiger partial charge in [-0.3, -0.25) is 4.79 Å². The number of aliphatic imine (C=N–C) groups is 1. The Morgan fingerprint density at radius 3 is 2.79 bits per heavy atom. The van der Waals surface area contributed by atoms with Gasteiger partial charge in [0.2, 0.25) is 5.91 Å². The summed E-state index contributed by atoms with van der Waals surface area (Å²) in [4.78, 5) is 17.8. The summed E-state index contributed by atoms with van der Waals surface area (Å²) in [6, 6.07) is 6.66. The Morgan fingerprint density at radius 2 is 2.12 bits per heavy atom. The Labute approximate surface area is 160 Å². The minimum Gasteiger partial charge on any atom is -0.357 e. The average molecular weight is 448 g/mol. The third-order valence-corrected chi connectivity index (χ3v) is 3.78. The van der Waals surface area contributed by atoms with E-state index < -0.39 is 0 Å². The van der Waals surface area contributed by atoms with Gasteiger partial charge in [-0.15, -0.1) is 24.0 Å². The molecular weight excluding hydrogens is 422 g/mol. The van der Waals surface area contributed by atoms with Gasteiger partial charge in [0.25, 0.3) is 0 Å². The fourth-order valence-corrected chi connectivity index (χ4v) is 2.55. The third-order valence-electron chi connectivity index (χ3n) is 3.78. The zero-order valence-electron chi connectivity index (χ0n) is 14.1. The van der Waals surface area contributed by atoms with Crippen molar-refractivity contribution >= 4 is 35.8 Å². The van der Waals surface area contributed by atoms with Crippen molar-refractivity contribution < 1.29 is 9.18 Å². The van der Waals surface area contributed by atoms with Crippen molar-refractivity contribution in [1.29, 1.82) is 0 Å². The summed E-state index contributed by atoms with van der Waals surface area (Å²) < 4.78 is 13.6. The predicted octanol–water partition coefficient (Wildman–Crippen LogP) is 2.51. The van der Waals surface area contributed by atoms with Crippen LogP contribution in [0.4, 0.5) is 4.39 Å². The number of nitrogens with zero attached hydrogens (tertiary/aromatic N) is 2. The number of hydrogen-bond acceptors (Lipinski definition) is 2. The van der Waals surface area contributed by atoms with Gasteiger partial charge in [-0.25, -0.2) is 9.38 Å². The van der Waals surface area contributed by atoms with Crippen LogP contribution in [0.15, 0.2) is 29.3 Å². The lowest BCUT2D eigenvalue weighted by Gasteiger charge is -2.16. The van der Waals surface area contributed by atoms with E-state index in [1.165, 1.54) is 6.07 Å². The van der Waals surface area contributed by atoms with E-state index in [9.17, 15) is 9.18 Å². The molecule has 2 rings (SSSR count). The first-order valence-corrected chi connectivity index (χ1v) is 8.24. The molecule has 0 aliphatic carbocycles. The molecule has 1 aliphatic heterocycles. The highest BCUT2D eigenvalue weighted by Crippen LogP contribution is 2.09. The summed E-state index contributed by atoms with van der Waals surface area (Å²) in [5.41, 5.74) is 0.576. The first-order chi connectivity index (χ1) is 11.2. The van der Waals surface area contributed by atoms with Gasteiger partial charge in [0.1, 0.15) is 5.82 Å². The minimum atomic E-state index is -0.236. The van der Waals surface area contributed by atoms with E-state index in [0.29, 0.717) is 24.5 Å². The smallest absolute Gasteiger partial charge is 0.222 e. The van der Waals surface area contributed by atoms with Crippen molar-refractivity contribution in [2.75, 3.05) is 26.2 Å². The number of amides is 1. The Kier molecular flexibility index (Phi) is 9.66. The molecule has 0 saturated carbocycles. The van der Waals surface area contributed by atoms with Gasteiger partial charge < -0.3 is 15.5 Å². The van der Waals surface area contributed by atoms with E-state index in [2.05, 4.69) is 15.6 Å². The maximum absolute atomic E-state index is 13.6. The summed E-state index contributed by atoms with van der Waals surface area (Å²) in [6.45, 7) is 5.41. The van der Waals surface area contributed by atoms with Crippen molar-refractivity contribution in [2.45, 2.75) is 32.7 Å². The molecule has 0 aromatic heterocycles. The number of halogens is 2. The molecule has 0 atom stereocenters. The van der Waals surface area contributed by atoms with E-state index >= 15 is 0 Å². The highest BCUT2D eigenvalue weighted by Gasteiger charge is 2.18. The third kappa shape index (κ3) is 6.62. The van der Waals surface area contributed by atoms with Crippen LogP contribution >= 0.6 is 24.0 Å². The monoisotopic (exact) mass is 448 g/mol. The number of benzene rings is 1. The summed E-state index contributed by atoms with van der Waals surface area (Å²) >= 11 is 0. The molecule has 0 radical (unpaired) electrons. The van der Waals surface area contributed by atoms with Crippen LogP contribution in [0.5, 0.6) is 0 Å². The second-order valence-electron chi connectivity index (χ2n) is 5.55. The lowest BCUT2D eigenvalue weighted by Crippen LogP contribution is -2.39. The summed E-state index contributed by atoms with van der Waals surface area (Å²) in [7, 11) is 0. The van der Waals surface area contributed by atoms with Gasteiger partial charge in [-0.2, -0.15) is 0 Å².